The molecule has 1 N–H and O–H groups in total. The third-order valence-corrected chi connectivity index (χ3v) is 2.27. The normalized spacial score (nSPS) is 10.8. The molecule has 0 saturated carbocycles. The fourth-order valence-corrected chi connectivity index (χ4v) is 1.44. The molecule has 0 unspecified atom stereocenters. The average molecular weight is 232 g/mol. The maximum Gasteiger partial charge on any atom is 0.352 e. The van der Waals surface area contributed by atoms with Gasteiger partial charge >= 0.3 is 5.97 Å². The van der Waals surface area contributed by atoms with Crippen LogP contribution in [0.4, 0.5) is 0 Å². The third kappa shape index (κ3) is 3.22. The van der Waals surface area contributed by atoms with Crippen molar-refractivity contribution in [1.82, 2.24) is 0 Å². The van der Waals surface area contributed by atoms with E-state index in [1.54, 1.807) is 0 Å². The van der Waals surface area contributed by atoms with Gasteiger partial charge in [0.1, 0.15) is 4.90 Å². The number of rotatable bonds is 3. The summed E-state index contributed by atoms with van der Waals surface area (Å²) in [7, 11) is -4.40. The Labute approximate surface area is 86.1 Å². The van der Waals surface area contributed by atoms with E-state index in [1.165, 1.54) is 18.2 Å². The number of hydrogen-bond donors (Lipinski definition) is 1. The molecule has 0 bridgehead atoms. The van der Waals surface area contributed by atoms with Crippen LogP contribution in [0.25, 0.3) is 0 Å². The number of benzene rings is 1. The lowest BCUT2D eigenvalue weighted by molar-refractivity contribution is -0.211. The fraction of sp³-hybridized carbons (Fsp3) is 0.125. The second kappa shape index (κ2) is 4.28. The minimum atomic E-state index is -4.40. The van der Waals surface area contributed by atoms with Crippen LogP contribution in [-0.2, 0) is 19.8 Å². The highest BCUT2D eigenvalue weighted by Gasteiger charge is 2.17. The molecule has 0 radical (unpaired) electrons. The standard InChI is InChI=1S/C8H8O6S/c1-6(9)13-14-7-4-2-3-5-8(7)15(10,11)12/h2-5H,1H3,(H,10,11,12). The van der Waals surface area contributed by atoms with Gasteiger partial charge in [0.25, 0.3) is 10.1 Å². The zero-order valence-electron chi connectivity index (χ0n) is 7.71. The first kappa shape index (κ1) is 11.5. The summed E-state index contributed by atoms with van der Waals surface area (Å²) < 4.78 is 30.5. The molecule has 0 amide bonds. The highest BCUT2D eigenvalue weighted by Crippen LogP contribution is 2.22. The summed E-state index contributed by atoms with van der Waals surface area (Å²) in [6.07, 6.45) is 0. The van der Waals surface area contributed by atoms with Gasteiger partial charge in [-0.25, -0.2) is 4.79 Å². The molecule has 0 aliphatic heterocycles. The number of para-hydroxylation sites is 1. The largest absolute Gasteiger partial charge is 0.352 e. The molecule has 0 atom stereocenters. The van der Waals surface area contributed by atoms with Gasteiger partial charge in [0.2, 0.25) is 0 Å². The summed E-state index contributed by atoms with van der Waals surface area (Å²) in [6.45, 7) is 1.09. The molecule has 15 heavy (non-hydrogen) atoms. The second-order valence-corrected chi connectivity index (χ2v) is 3.97. The first-order valence-corrected chi connectivity index (χ1v) is 5.27. The van der Waals surface area contributed by atoms with Gasteiger partial charge in [-0.15, -0.1) is 0 Å². The Morgan fingerprint density at radius 2 is 1.93 bits per heavy atom. The topological polar surface area (TPSA) is 89.9 Å². The maximum absolute atomic E-state index is 10.8. The highest BCUT2D eigenvalue weighted by atomic mass is 32.2. The summed E-state index contributed by atoms with van der Waals surface area (Å²) >= 11 is 0. The summed E-state index contributed by atoms with van der Waals surface area (Å²) in [5.41, 5.74) is 0. The van der Waals surface area contributed by atoms with Crippen LogP contribution >= 0.6 is 0 Å². The first-order chi connectivity index (χ1) is 6.91. The van der Waals surface area contributed by atoms with E-state index in [0.717, 1.165) is 13.0 Å². The van der Waals surface area contributed by atoms with Gasteiger partial charge in [-0.3, -0.25) is 14.3 Å². The highest BCUT2D eigenvalue weighted by molar-refractivity contribution is 7.86. The summed E-state index contributed by atoms with van der Waals surface area (Å²) in [5, 5.41) is 0. The molecule has 1 aromatic carbocycles. The van der Waals surface area contributed by atoms with Crippen LogP contribution in [0.1, 0.15) is 6.92 Å². The number of carbonyl (C=O) groups is 1. The SMILES string of the molecule is CC(=O)OOc1ccccc1S(=O)(=O)O. The van der Waals surface area contributed by atoms with Crippen molar-refractivity contribution >= 4 is 16.1 Å². The Kier molecular flexibility index (Phi) is 3.28. The van der Waals surface area contributed by atoms with Crippen LogP contribution in [0, 0.1) is 0 Å². The van der Waals surface area contributed by atoms with E-state index in [0.29, 0.717) is 0 Å². The van der Waals surface area contributed by atoms with Gasteiger partial charge in [-0.2, -0.15) is 8.42 Å². The minimum absolute atomic E-state index is 0.254. The zero-order valence-corrected chi connectivity index (χ0v) is 8.52. The molecular formula is C8H8O6S. The number of hydrogen-bond acceptors (Lipinski definition) is 5. The van der Waals surface area contributed by atoms with Crippen LogP contribution in [0.5, 0.6) is 5.75 Å². The second-order valence-electron chi connectivity index (χ2n) is 2.58. The lowest BCUT2D eigenvalue weighted by atomic mass is 10.3. The van der Waals surface area contributed by atoms with Gasteiger partial charge in [-0.1, -0.05) is 12.1 Å². The number of carbonyl (C=O) groups excluding carboxylic acids is 1. The van der Waals surface area contributed by atoms with Crippen molar-refractivity contribution in [2.45, 2.75) is 11.8 Å². The van der Waals surface area contributed by atoms with Crippen LogP contribution in [-0.4, -0.2) is 18.9 Å². The predicted molar refractivity (Wildman–Crippen MR) is 48.7 cm³/mol. The average Bonchev–Trinajstić information content (AvgIpc) is 2.13. The molecule has 1 rings (SSSR count). The van der Waals surface area contributed by atoms with Crippen molar-refractivity contribution in [3.05, 3.63) is 24.3 Å². The van der Waals surface area contributed by atoms with E-state index in [9.17, 15) is 13.2 Å². The van der Waals surface area contributed by atoms with Crippen LogP contribution in [0.15, 0.2) is 29.2 Å². The Balaban J connectivity index is 3.02. The molecule has 0 fully saturated rings. The summed E-state index contributed by atoms with van der Waals surface area (Å²) in [4.78, 5) is 18.5. The van der Waals surface area contributed by atoms with Crippen molar-refractivity contribution in [1.29, 1.82) is 0 Å². The maximum atomic E-state index is 10.8. The van der Waals surface area contributed by atoms with Crippen molar-refractivity contribution in [2.24, 2.45) is 0 Å². The van der Waals surface area contributed by atoms with E-state index < -0.39 is 21.0 Å². The quantitative estimate of drug-likeness (QED) is 0.470. The van der Waals surface area contributed by atoms with Crippen molar-refractivity contribution in [3.63, 3.8) is 0 Å². The molecule has 0 heterocycles. The molecule has 0 spiro atoms. The lowest BCUT2D eigenvalue weighted by Gasteiger charge is -2.05. The van der Waals surface area contributed by atoms with Gasteiger partial charge in [0.05, 0.1) is 0 Å². The van der Waals surface area contributed by atoms with Crippen molar-refractivity contribution in [2.75, 3.05) is 0 Å². The van der Waals surface area contributed by atoms with Gasteiger partial charge in [-0.05, 0) is 12.1 Å². The molecule has 0 aliphatic rings. The Morgan fingerprint density at radius 3 is 2.47 bits per heavy atom. The zero-order chi connectivity index (χ0) is 11.5. The van der Waals surface area contributed by atoms with Gasteiger partial charge in [0.15, 0.2) is 5.75 Å². The molecule has 6 nitrogen and oxygen atoms in total. The predicted octanol–water partition coefficient (Wildman–Crippen LogP) is 0.790. The molecule has 1 aromatic rings. The fourth-order valence-electron chi connectivity index (χ4n) is 0.836. The third-order valence-electron chi connectivity index (χ3n) is 1.38. The lowest BCUT2D eigenvalue weighted by Crippen LogP contribution is -2.07. The molecule has 0 aliphatic carbocycles. The van der Waals surface area contributed by atoms with Gasteiger partial charge < -0.3 is 0 Å². The molecular weight excluding hydrogens is 224 g/mol. The monoisotopic (exact) mass is 232 g/mol. The van der Waals surface area contributed by atoms with Crippen LogP contribution in [0.3, 0.4) is 0 Å². The molecule has 0 saturated heterocycles. The molecule has 7 heteroatoms. The van der Waals surface area contributed by atoms with E-state index >= 15 is 0 Å². The van der Waals surface area contributed by atoms with E-state index in [-0.39, 0.29) is 5.75 Å². The minimum Gasteiger partial charge on any atom is -0.285 e. The Bertz CT molecular complexity index is 464. The Hall–Kier alpha value is -1.60. The van der Waals surface area contributed by atoms with Crippen molar-refractivity contribution in [3.8, 4) is 5.75 Å². The van der Waals surface area contributed by atoms with Crippen LogP contribution < -0.4 is 4.89 Å². The summed E-state index contributed by atoms with van der Waals surface area (Å²) in [5.74, 6) is -0.990. The van der Waals surface area contributed by atoms with Crippen molar-refractivity contribution < 1.29 is 27.5 Å². The van der Waals surface area contributed by atoms with Crippen LogP contribution in [0.2, 0.25) is 0 Å². The first-order valence-electron chi connectivity index (χ1n) is 3.83. The van der Waals surface area contributed by atoms with E-state index in [2.05, 4.69) is 9.78 Å². The molecule has 82 valence electrons. The Morgan fingerprint density at radius 1 is 1.33 bits per heavy atom. The van der Waals surface area contributed by atoms with E-state index in [4.69, 9.17) is 4.55 Å². The summed E-state index contributed by atoms with van der Waals surface area (Å²) in [6, 6.07) is 5.22. The smallest absolute Gasteiger partial charge is 0.285 e. The molecule has 0 aromatic heterocycles. The van der Waals surface area contributed by atoms with E-state index in [1.807, 2.05) is 0 Å². The van der Waals surface area contributed by atoms with Gasteiger partial charge in [0, 0.05) is 6.92 Å².